The number of carbonyl (C=O) groups excluding carboxylic acids is 2. The van der Waals surface area contributed by atoms with Gasteiger partial charge in [0.05, 0.1) is 6.04 Å². The zero-order chi connectivity index (χ0) is 17.1. The average molecular weight is 323 g/mol. The summed E-state index contributed by atoms with van der Waals surface area (Å²) in [4.78, 5) is 25.8. The highest BCUT2D eigenvalue weighted by atomic mass is 16.2. The van der Waals surface area contributed by atoms with E-state index >= 15 is 0 Å². The van der Waals surface area contributed by atoms with Gasteiger partial charge < -0.3 is 11.1 Å². The average Bonchev–Trinajstić information content (AvgIpc) is 2.61. The van der Waals surface area contributed by atoms with E-state index in [4.69, 9.17) is 5.73 Å². The van der Waals surface area contributed by atoms with Crippen LogP contribution in [0.3, 0.4) is 0 Å². The molecule has 0 fully saturated rings. The Labute approximate surface area is 141 Å². The van der Waals surface area contributed by atoms with Crippen LogP contribution in [0.15, 0.2) is 48.5 Å². The Kier molecular flexibility index (Phi) is 4.62. The van der Waals surface area contributed by atoms with Crippen molar-refractivity contribution < 1.29 is 9.59 Å². The zero-order valence-corrected chi connectivity index (χ0v) is 13.7. The van der Waals surface area contributed by atoms with Crippen molar-refractivity contribution in [1.29, 1.82) is 0 Å². The van der Waals surface area contributed by atoms with Gasteiger partial charge in [-0.15, -0.1) is 0 Å². The van der Waals surface area contributed by atoms with Crippen LogP contribution in [0.4, 0.5) is 5.69 Å². The minimum absolute atomic E-state index is 0.0544. The summed E-state index contributed by atoms with van der Waals surface area (Å²) in [6, 6.07) is 14.7. The lowest BCUT2D eigenvalue weighted by Crippen LogP contribution is -2.44. The number of rotatable bonds is 4. The molecule has 0 radical (unpaired) electrons. The third kappa shape index (κ3) is 3.46. The lowest BCUT2D eigenvalue weighted by molar-refractivity contribution is -0.121. The highest BCUT2D eigenvalue weighted by Gasteiger charge is 2.25. The van der Waals surface area contributed by atoms with Gasteiger partial charge >= 0.3 is 0 Å². The number of fused-ring (bicyclic) bond motifs is 1. The van der Waals surface area contributed by atoms with Crippen molar-refractivity contribution in [1.82, 2.24) is 4.90 Å². The molecule has 0 aromatic heterocycles. The molecule has 1 unspecified atom stereocenters. The van der Waals surface area contributed by atoms with Crippen LogP contribution in [-0.2, 0) is 17.8 Å². The Morgan fingerprint density at radius 2 is 1.75 bits per heavy atom. The molecule has 5 heteroatoms. The summed E-state index contributed by atoms with van der Waals surface area (Å²) in [5.74, 6) is -0.533. The largest absolute Gasteiger partial charge is 0.366 e. The number of amides is 2. The molecule has 0 saturated heterocycles. The SMILES string of the molecule is CC(C(=O)Nc1ccc(C(N)=O)cc1)N1CCc2ccccc2C1. The van der Waals surface area contributed by atoms with Gasteiger partial charge in [0, 0.05) is 24.3 Å². The minimum Gasteiger partial charge on any atom is -0.366 e. The third-order valence-corrected chi connectivity index (χ3v) is 4.52. The minimum atomic E-state index is -0.478. The van der Waals surface area contributed by atoms with Crippen LogP contribution in [-0.4, -0.2) is 29.3 Å². The number of hydrogen-bond acceptors (Lipinski definition) is 3. The van der Waals surface area contributed by atoms with E-state index in [9.17, 15) is 9.59 Å². The first kappa shape index (κ1) is 16.2. The Hall–Kier alpha value is -2.66. The number of nitrogens with two attached hydrogens (primary N) is 1. The van der Waals surface area contributed by atoms with Crippen LogP contribution in [0.25, 0.3) is 0 Å². The van der Waals surface area contributed by atoms with Crippen LogP contribution >= 0.6 is 0 Å². The van der Waals surface area contributed by atoms with E-state index in [-0.39, 0.29) is 11.9 Å². The van der Waals surface area contributed by atoms with Gasteiger partial charge in [0.1, 0.15) is 0 Å². The first-order valence-electron chi connectivity index (χ1n) is 8.06. The monoisotopic (exact) mass is 323 g/mol. The topological polar surface area (TPSA) is 75.4 Å². The Morgan fingerprint density at radius 1 is 1.08 bits per heavy atom. The van der Waals surface area contributed by atoms with E-state index in [0.717, 1.165) is 19.5 Å². The zero-order valence-electron chi connectivity index (χ0n) is 13.7. The van der Waals surface area contributed by atoms with Crippen molar-refractivity contribution in [2.75, 3.05) is 11.9 Å². The summed E-state index contributed by atoms with van der Waals surface area (Å²) in [5.41, 5.74) is 8.95. The third-order valence-electron chi connectivity index (χ3n) is 4.52. The maximum absolute atomic E-state index is 12.5. The number of hydrogen-bond donors (Lipinski definition) is 2. The molecule has 1 aliphatic heterocycles. The summed E-state index contributed by atoms with van der Waals surface area (Å²) in [6.45, 7) is 3.57. The molecule has 3 N–H and O–H groups in total. The Balaban J connectivity index is 1.64. The van der Waals surface area contributed by atoms with Gasteiger partial charge in [-0.25, -0.2) is 0 Å². The van der Waals surface area contributed by atoms with Crippen LogP contribution in [0.1, 0.15) is 28.4 Å². The van der Waals surface area contributed by atoms with E-state index < -0.39 is 5.91 Å². The molecule has 1 atom stereocenters. The lowest BCUT2D eigenvalue weighted by atomic mass is 9.99. The highest BCUT2D eigenvalue weighted by molar-refractivity contribution is 5.96. The molecule has 0 bridgehead atoms. The van der Waals surface area contributed by atoms with Crippen LogP contribution in [0.2, 0.25) is 0 Å². The molecule has 1 heterocycles. The van der Waals surface area contributed by atoms with E-state index in [0.29, 0.717) is 11.3 Å². The van der Waals surface area contributed by atoms with Crippen molar-refractivity contribution in [3.63, 3.8) is 0 Å². The second-order valence-corrected chi connectivity index (χ2v) is 6.10. The molecule has 5 nitrogen and oxygen atoms in total. The predicted octanol–water partition coefficient (Wildman–Crippen LogP) is 2.17. The fourth-order valence-corrected chi connectivity index (χ4v) is 2.98. The number of anilines is 1. The van der Waals surface area contributed by atoms with Crippen molar-refractivity contribution in [2.45, 2.75) is 25.9 Å². The number of primary amides is 1. The predicted molar refractivity (Wildman–Crippen MR) is 93.6 cm³/mol. The van der Waals surface area contributed by atoms with Gasteiger partial charge in [-0.1, -0.05) is 24.3 Å². The molecule has 124 valence electrons. The van der Waals surface area contributed by atoms with Crippen molar-refractivity contribution in [3.8, 4) is 0 Å². The molecular weight excluding hydrogens is 302 g/mol. The van der Waals surface area contributed by atoms with Gasteiger partial charge in [0.25, 0.3) is 0 Å². The second kappa shape index (κ2) is 6.84. The number of benzene rings is 2. The summed E-state index contributed by atoms with van der Waals surface area (Å²) in [7, 11) is 0. The molecule has 0 spiro atoms. The van der Waals surface area contributed by atoms with Crippen LogP contribution in [0, 0.1) is 0 Å². The maximum Gasteiger partial charge on any atom is 0.248 e. The molecular formula is C19H21N3O2. The molecule has 24 heavy (non-hydrogen) atoms. The van der Waals surface area contributed by atoms with Gasteiger partial charge in [0.2, 0.25) is 11.8 Å². The quantitative estimate of drug-likeness (QED) is 0.905. The van der Waals surface area contributed by atoms with E-state index in [2.05, 4.69) is 28.4 Å². The highest BCUT2D eigenvalue weighted by Crippen LogP contribution is 2.21. The standard InChI is InChI=1S/C19H21N3O2/c1-13(22-11-10-14-4-2-3-5-16(14)12-22)19(24)21-17-8-6-15(7-9-17)18(20)23/h2-9,13H,10-12H2,1H3,(H2,20,23)(H,21,24). The lowest BCUT2D eigenvalue weighted by Gasteiger charge is -2.32. The smallest absolute Gasteiger partial charge is 0.248 e. The first-order valence-corrected chi connectivity index (χ1v) is 8.06. The van der Waals surface area contributed by atoms with E-state index in [1.807, 2.05) is 13.0 Å². The summed E-state index contributed by atoms with van der Waals surface area (Å²) < 4.78 is 0. The molecule has 2 amide bonds. The van der Waals surface area contributed by atoms with E-state index in [1.54, 1.807) is 24.3 Å². The fraction of sp³-hybridized carbons (Fsp3) is 0.263. The number of carbonyl (C=O) groups is 2. The molecule has 2 aromatic carbocycles. The molecule has 1 aliphatic rings. The summed E-state index contributed by atoms with van der Waals surface area (Å²) in [6.07, 6.45) is 0.959. The van der Waals surface area contributed by atoms with E-state index in [1.165, 1.54) is 11.1 Å². The van der Waals surface area contributed by atoms with Crippen molar-refractivity contribution in [3.05, 3.63) is 65.2 Å². The first-order chi connectivity index (χ1) is 11.5. The van der Waals surface area contributed by atoms with Crippen molar-refractivity contribution in [2.24, 2.45) is 5.73 Å². The normalized spacial score (nSPS) is 15.4. The fourth-order valence-electron chi connectivity index (χ4n) is 2.98. The van der Waals surface area contributed by atoms with Crippen LogP contribution < -0.4 is 11.1 Å². The maximum atomic E-state index is 12.5. The molecule has 0 aliphatic carbocycles. The Morgan fingerprint density at radius 3 is 2.42 bits per heavy atom. The van der Waals surface area contributed by atoms with Gasteiger partial charge in [-0.2, -0.15) is 0 Å². The van der Waals surface area contributed by atoms with Gasteiger partial charge in [0.15, 0.2) is 0 Å². The summed E-state index contributed by atoms with van der Waals surface area (Å²) in [5, 5.41) is 2.90. The number of nitrogens with zero attached hydrogens (tertiary/aromatic N) is 1. The van der Waals surface area contributed by atoms with Gasteiger partial charge in [-0.3, -0.25) is 14.5 Å². The molecule has 2 aromatic rings. The summed E-state index contributed by atoms with van der Waals surface area (Å²) >= 11 is 0. The molecule has 3 rings (SSSR count). The molecule has 0 saturated carbocycles. The van der Waals surface area contributed by atoms with Gasteiger partial charge in [-0.05, 0) is 48.7 Å². The Bertz CT molecular complexity index is 755. The van der Waals surface area contributed by atoms with Crippen LogP contribution in [0.5, 0.6) is 0 Å². The number of nitrogens with one attached hydrogen (secondary N) is 1. The second-order valence-electron chi connectivity index (χ2n) is 6.10. The van der Waals surface area contributed by atoms with Crippen molar-refractivity contribution >= 4 is 17.5 Å².